The number of para-hydroxylation sites is 1. The second-order valence-electron chi connectivity index (χ2n) is 4.01. The molecule has 0 aliphatic rings. The van der Waals surface area contributed by atoms with Crippen molar-refractivity contribution in [1.29, 1.82) is 0 Å². The summed E-state index contributed by atoms with van der Waals surface area (Å²) < 4.78 is 5.22. The molecular formula is C14H17N3O. The molecule has 0 aliphatic carbocycles. The van der Waals surface area contributed by atoms with Crippen molar-refractivity contribution in [2.45, 2.75) is 6.04 Å². The molecule has 0 aliphatic heterocycles. The van der Waals surface area contributed by atoms with Crippen LogP contribution in [0.4, 0.5) is 5.69 Å². The summed E-state index contributed by atoms with van der Waals surface area (Å²) in [6.07, 6.45) is 0. The number of nitrogens with one attached hydrogen (secondary N) is 1. The molecule has 5 N–H and O–H groups in total. The van der Waals surface area contributed by atoms with Gasteiger partial charge in [-0.15, -0.1) is 0 Å². The first-order valence-corrected chi connectivity index (χ1v) is 5.70. The smallest absolute Gasteiger partial charge is 0.119 e. The third-order valence-corrected chi connectivity index (χ3v) is 2.90. The predicted octanol–water partition coefficient (Wildman–Crippen LogP) is 1.83. The molecule has 4 nitrogen and oxygen atoms in total. The standard InChI is InChI=1S/C14H17N3O/c1-18-11-6-4-5-10(9-11)14(17-16)12-7-2-3-8-13(12)15/h2-9,14,17H,15-16H2,1H3. The first-order chi connectivity index (χ1) is 8.76. The lowest BCUT2D eigenvalue weighted by Gasteiger charge is -2.19. The summed E-state index contributed by atoms with van der Waals surface area (Å²) in [7, 11) is 1.64. The number of anilines is 1. The zero-order chi connectivity index (χ0) is 13.0. The number of ether oxygens (including phenoxy) is 1. The van der Waals surface area contributed by atoms with Crippen LogP contribution < -0.4 is 21.7 Å². The van der Waals surface area contributed by atoms with E-state index >= 15 is 0 Å². The van der Waals surface area contributed by atoms with Crippen LogP contribution >= 0.6 is 0 Å². The number of benzene rings is 2. The van der Waals surface area contributed by atoms with Gasteiger partial charge in [0.25, 0.3) is 0 Å². The van der Waals surface area contributed by atoms with Crippen molar-refractivity contribution >= 4 is 5.69 Å². The number of hydrogen-bond acceptors (Lipinski definition) is 4. The lowest BCUT2D eigenvalue weighted by atomic mass is 9.98. The third kappa shape index (κ3) is 2.45. The van der Waals surface area contributed by atoms with Crippen molar-refractivity contribution in [3.05, 3.63) is 59.7 Å². The second kappa shape index (κ2) is 5.53. The Morgan fingerprint density at radius 1 is 1.11 bits per heavy atom. The molecule has 0 heterocycles. The Morgan fingerprint density at radius 3 is 2.56 bits per heavy atom. The number of hydrogen-bond donors (Lipinski definition) is 3. The van der Waals surface area contributed by atoms with Crippen LogP contribution in [0.15, 0.2) is 48.5 Å². The topological polar surface area (TPSA) is 73.3 Å². The zero-order valence-electron chi connectivity index (χ0n) is 10.3. The Labute approximate surface area is 107 Å². The molecule has 2 aromatic carbocycles. The molecular weight excluding hydrogens is 226 g/mol. The van der Waals surface area contributed by atoms with E-state index in [9.17, 15) is 0 Å². The third-order valence-electron chi connectivity index (χ3n) is 2.90. The maximum atomic E-state index is 5.98. The number of rotatable bonds is 4. The van der Waals surface area contributed by atoms with Gasteiger partial charge in [0.15, 0.2) is 0 Å². The van der Waals surface area contributed by atoms with Crippen molar-refractivity contribution in [1.82, 2.24) is 5.43 Å². The van der Waals surface area contributed by atoms with Gasteiger partial charge in [0.05, 0.1) is 13.2 Å². The molecule has 1 unspecified atom stereocenters. The summed E-state index contributed by atoms with van der Waals surface area (Å²) in [6, 6.07) is 15.3. The number of methoxy groups -OCH3 is 1. The lowest BCUT2D eigenvalue weighted by molar-refractivity contribution is 0.413. The first kappa shape index (κ1) is 12.4. The average molecular weight is 243 g/mol. The van der Waals surface area contributed by atoms with Crippen LogP contribution in [0.5, 0.6) is 5.75 Å². The Morgan fingerprint density at radius 2 is 1.89 bits per heavy atom. The second-order valence-corrected chi connectivity index (χ2v) is 4.01. The van der Waals surface area contributed by atoms with Crippen molar-refractivity contribution in [3.63, 3.8) is 0 Å². The molecule has 2 aromatic rings. The van der Waals surface area contributed by atoms with Crippen molar-refractivity contribution < 1.29 is 4.74 Å². The quantitative estimate of drug-likeness (QED) is 0.435. The molecule has 0 radical (unpaired) electrons. The molecule has 0 aromatic heterocycles. The highest BCUT2D eigenvalue weighted by molar-refractivity contribution is 5.51. The zero-order valence-corrected chi connectivity index (χ0v) is 10.3. The SMILES string of the molecule is COc1cccc(C(NN)c2ccccc2N)c1. The van der Waals surface area contributed by atoms with Crippen molar-refractivity contribution in [2.24, 2.45) is 5.84 Å². The first-order valence-electron chi connectivity index (χ1n) is 5.70. The molecule has 2 rings (SSSR count). The Kier molecular flexibility index (Phi) is 3.82. The van der Waals surface area contributed by atoms with Gasteiger partial charge < -0.3 is 10.5 Å². The Balaban J connectivity index is 2.42. The summed E-state index contributed by atoms with van der Waals surface area (Å²) in [6.45, 7) is 0. The van der Waals surface area contributed by atoms with E-state index in [1.54, 1.807) is 7.11 Å². The molecule has 4 heteroatoms. The minimum absolute atomic E-state index is 0.152. The highest BCUT2D eigenvalue weighted by Gasteiger charge is 2.15. The molecule has 0 saturated heterocycles. The molecule has 94 valence electrons. The van der Waals surface area contributed by atoms with Gasteiger partial charge in [-0.25, -0.2) is 5.43 Å². The Hall–Kier alpha value is -2.04. The van der Waals surface area contributed by atoms with Crippen LogP contribution in [0.3, 0.4) is 0 Å². The van der Waals surface area contributed by atoms with Gasteiger partial charge in [-0.05, 0) is 29.3 Å². The van der Waals surface area contributed by atoms with E-state index in [0.29, 0.717) is 5.69 Å². The highest BCUT2D eigenvalue weighted by atomic mass is 16.5. The van der Waals surface area contributed by atoms with Gasteiger partial charge in [-0.3, -0.25) is 5.84 Å². The van der Waals surface area contributed by atoms with E-state index in [-0.39, 0.29) is 6.04 Å². The summed E-state index contributed by atoms with van der Waals surface area (Å²) in [5.41, 5.74) is 11.4. The van der Waals surface area contributed by atoms with Crippen LogP contribution in [-0.2, 0) is 0 Å². The molecule has 0 spiro atoms. The van der Waals surface area contributed by atoms with Crippen LogP contribution in [0, 0.1) is 0 Å². The maximum Gasteiger partial charge on any atom is 0.119 e. The van der Waals surface area contributed by atoms with Crippen LogP contribution in [-0.4, -0.2) is 7.11 Å². The number of nitrogen functional groups attached to an aromatic ring is 1. The highest BCUT2D eigenvalue weighted by Crippen LogP contribution is 2.27. The van der Waals surface area contributed by atoms with E-state index < -0.39 is 0 Å². The Bertz CT molecular complexity index is 528. The van der Waals surface area contributed by atoms with Crippen LogP contribution in [0.25, 0.3) is 0 Å². The van der Waals surface area contributed by atoms with E-state index in [4.69, 9.17) is 16.3 Å². The molecule has 0 amide bonds. The molecule has 18 heavy (non-hydrogen) atoms. The van der Waals surface area contributed by atoms with E-state index in [2.05, 4.69) is 5.43 Å². The summed E-state index contributed by atoms with van der Waals surface area (Å²) in [5, 5.41) is 0. The minimum Gasteiger partial charge on any atom is -0.497 e. The maximum absolute atomic E-state index is 5.98. The van der Waals surface area contributed by atoms with Gasteiger partial charge >= 0.3 is 0 Å². The van der Waals surface area contributed by atoms with Gasteiger partial charge in [0.1, 0.15) is 5.75 Å². The van der Waals surface area contributed by atoms with Crippen LogP contribution in [0.1, 0.15) is 17.2 Å². The molecule has 0 bridgehead atoms. The van der Waals surface area contributed by atoms with Crippen molar-refractivity contribution in [2.75, 3.05) is 12.8 Å². The summed E-state index contributed by atoms with van der Waals surface area (Å²) in [4.78, 5) is 0. The fourth-order valence-corrected chi connectivity index (χ4v) is 1.96. The predicted molar refractivity (Wildman–Crippen MR) is 73.0 cm³/mol. The largest absolute Gasteiger partial charge is 0.497 e. The van der Waals surface area contributed by atoms with Gasteiger partial charge in [-0.2, -0.15) is 0 Å². The monoisotopic (exact) mass is 243 g/mol. The van der Waals surface area contributed by atoms with E-state index in [0.717, 1.165) is 16.9 Å². The normalized spacial score (nSPS) is 12.1. The van der Waals surface area contributed by atoms with Gasteiger partial charge in [0.2, 0.25) is 0 Å². The van der Waals surface area contributed by atoms with E-state index in [1.807, 2.05) is 48.5 Å². The molecule has 0 saturated carbocycles. The number of hydrazine groups is 1. The molecule has 0 fully saturated rings. The fraction of sp³-hybridized carbons (Fsp3) is 0.143. The summed E-state index contributed by atoms with van der Waals surface area (Å²) >= 11 is 0. The summed E-state index contributed by atoms with van der Waals surface area (Å²) in [5.74, 6) is 6.44. The van der Waals surface area contributed by atoms with Gasteiger partial charge in [0, 0.05) is 5.69 Å². The molecule has 1 atom stereocenters. The number of nitrogens with two attached hydrogens (primary N) is 2. The average Bonchev–Trinajstić information content (AvgIpc) is 2.42. The van der Waals surface area contributed by atoms with Crippen LogP contribution in [0.2, 0.25) is 0 Å². The lowest BCUT2D eigenvalue weighted by Crippen LogP contribution is -2.29. The van der Waals surface area contributed by atoms with E-state index in [1.165, 1.54) is 0 Å². The van der Waals surface area contributed by atoms with Gasteiger partial charge in [-0.1, -0.05) is 30.3 Å². The minimum atomic E-state index is -0.152. The fourth-order valence-electron chi connectivity index (χ4n) is 1.96. The van der Waals surface area contributed by atoms with Crippen molar-refractivity contribution in [3.8, 4) is 5.75 Å².